The van der Waals surface area contributed by atoms with Gasteiger partial charge in [0.1, 0.15) is 19.2 Å². The second-order valence-electron chi connectivity index (χ2n) is 9.13. The summed E-state index contributed by atoms with van der Waals surface area (Å²) >= 11 is 0. The van der Waals surface area contributed by atoms with E-state index in [0.29, 0.717) is 13.1 Å². The Balaban J connectivity index is 1.37. The number of hydrogen-bond acceptors (Lipinski definition) is 5. The summed E-state index contributed by atoms with van der Waals surface area (Å²) in [5.41, 5.74) is 4.20. The number of aryl methyl sites for hydroxylation is 1. The molecule has 0 amide bonds. The maximum Gasteiger partial charge on any atom is 0.182 e. The topological polar surface area (TPSA) is 65.3 Å². The zero-order valence-electron chi connectivity index (χ0n) is 19.1. The molecule has 1 aromatic heterocycles. The van der Waals surface area contributed by atoms with Gasteiger partial charge in [-0.05, 0) is 37.0 Å². The second kappa shape index (κ2) is 10.2. The second-order valence-corrected chi connectivity index (χ2v) is 9.13. The fourth-order valence-electron chi connectivity index (χ4n) is 5.25. The molecule has 3 atom stereocenters. The highest BCUT2D eigenvalue weighted by Crippen LogP contribution is 2.32. The van der Waals surface area contributed by atoms with Crippen LogP contribution in [0.2, 0.25) is 0 Å². The number of anilines is 1. The number of para-hydroxylation sites is 1. The predicted octanol–water partition coefficient (Wildman–Crippen LogP) is 3.41. The van der Waals surface area contributed by atoms with Crippen LogP contribution in [0, 0.1) is 0 Å². The normalized spacial score (nSPS) is 21.2. The molecule has 2 heterocycles. The van der Waals surface area contributed by atoms with Gasteiger partial charge < -0.3 is 10.4 Å². The molecule has 0 bridgehead atoms. The van der Waals surface area contributed by atoms with E-state index in [2.05, 4.69) is 10.6 Å². The number of rotatable bonds is 9. The average Bonchev–Trinajstić information content (AvgIpc) is 3.57. The van der Waals surface area contributed by atoms with Gasteiger partial charge in [0, 0.05) is 30.6 Å². The minimum Gasteiger partial charge on any atom is -0.361 e. The van der Waals surface area contributed by atoms with Crippen LogP contribution in [0.3, 0.4) is 0 Å². The third kappa shape index (κ3) is 4.58. The minimum absolute atomic E-state index is 0.00278. The highest BCUT2D eigenvalue weighted by molar-refractivity contribution is 5.55. The summed E-state index contributed by atoms with van der Waals surface area (Å²) in [6, 6.07) is 18.9. The number of aromatic nitrogens is 2. The molecular weight excluding hydrogens is 436 g/mol. The molecule has 0 spiro atoms. The van der Waals surface area contributed by atoms with E-state index in [1.165, 1.54) is 0 Å². The molecular formula is C26H31F2N5O. The molecule has 1 unspecified atom stereocenters. The van der Waals surface area contributed by atoms with Gasteiger partial charge in [0.2, 0.25) is 0 Å². The van der Waals surface area contributed by atoms with Crippen molar-refractivity contribution in [3.05, 3.63) is 77.5 Å². The van der Waals surface area contributed by atoms with Crippen LogP contribution in [0.4, 0.5) is 14.6 Å². The van der Waals surface area contributed by atoms with Crippen molar-refractivity contribution in [2.24, 2.45) is 0 Å². The Kier molecular flexibility index (Phi) is 6.89. The van der Waals surface area contributed by atoms with Gasteiger partial charge in [-0.1, -0.05) is 48.5 Å². The predicted molar refractivity (Wildman–Crippen MR) is 129 cm³/mol. The van der Waals surface area contributed by atoms with Crippen molar-refractivity contribution in [1.82, 2.24) is 20.0 Å². The Morgan fingerprint density at radius 3 is 2.38 bits per heavy atom. The van der Waals surface area contributed by atoms with Crippen LogP contribution in [0.15, 0.2) is 60.7 Å². The zero-order valence-corrected chi connectivity index (χ0v) is 19.1. The number of halogens is 2. The van der Waals surface area contributed by atoms with Crippen molar-refractivity contribution >= 4 is 5.82 Å². The number of alkyl halides is 2. The van der Waals surface area contributed by atoms with Gasteiger partial charge in [0.25, 0.3) is 0 Å². The lowest BCUT2D eigenvalue weighted by molar-refractivity contribution is 0.136. The Bertz CT molecular complexity index is 1070. The van der Waals surface area contributed by atoms with Crippen molar-refractivity contribution < 1.29 is 13.9 Å². The first-order valence-corrected chi connectivity index (χ1v) is 12.0. The summed E-state index contributed by atoms with van der Waals surface area (Å²) in [6.45, 7) is -0.473. The van der Waals surface area contributed by atoms with Gasteiger partial charge in [-0.3, -0.25) is 10.2 Å². The van der Waals surface area contributed by atoms with Gasteiger partial charge in [0.05, 0.1) is 17.4 Å². The van der Waals surface area contributed by atoms with Crippen molar-refractivity contribution in [3.63, 3.8) is 0 Å². The highest BCUT2D eigenvalue weighted by Gasteiger charge is 2.38. The van der Waals surface area contributed by atoms with Crippen molar-refractivity contribution in [2.75, 3.05) is 31.8 Å². The van der Waals surface area contributed by atoms with Gasteiger partial charge in [-0.2, -0.15) is 5.10 Å². The monoisotopic (exact) mass is 467 g/mol. The highest BCUT2D eigenvalue weighted by atomic mass is 19.1. The summed E-state index contributed by atoms with van der Waals surface area (Å²) in [5.74, 6) is 0.790. The summed E-state index contributed by atoms with van der Waals surface area (Å²) in [4.78, 5) is 1.84. The Hall–Kier alpha value is -2.81. The molecule has 1 aliphatic heterocycles. The first-order chi connectivity index (χ1) is 16.7. The fraction of sp³-hybridized carbons (Fsp3) is 0.423. The van der Waals surface area contributed by atoms with Crippen LogP contribution in [0.5, 0.6) is 0 Å². The van der Waals surface area contributed by atoms with Crippen molar-refractivity contribution in [3.8, 4) is 5.69 Å². The lowest BCUT2D eigenvalue weighted by Gasteiger charge is -2.25. The maximum atomic E-state index is 13.4. The first kappa shape index (κ1) is 23.0. The van der Waals surface area contributed by atoms with Crippen LogP contribution >= 0.6 is 0 Å². The Morgan fingerprint density at radius 1 is 0.971 bits per heavy atom. The molecule has 2 aliphatic rings. The molecule has 34 heavy (non-hydrogen) atoms. The number of benzene rings is 2. The van der Waals surface area contributed by atoms with Crippen LogP contribution < -0.4 is 10.6 Å². The minimum atomic E-state index is -1.05. The molecule has 3 aromatic rings. The lowest BCUT2D eigenvalue weighted by Crippen LogP contribution is -2.47. The van der Waals surface area contributed by atoms with E-state index < -0.39 is 25.7 Å². The standard InChI is InChI=1S/C26H31F2N5O/c27-14-20(15-28)32-16-22(18-8-3-1-4-9-18)24(17-32)29-26(34)30-25-21-12-7-13-23(21)31-33(25)19-10-5-2-6-11-19/h1-6,8-11,20,22,24,26,29-30,34H,7,12-17H2/t22-,24+,26?/m0/s1. The van der Waals surface area contributed by atoms with Crippen molar-refractivity contribution in [2.45, 2.75) is 43.6 Å². The third-order valence-electron chi connectivity index (χ3n) is 7.00. The van der Waals surface area contributed by atoms with E-state index in [0.717, 1.165) is 47.6 Å². The molecule has 1 aliphatic carbocycles. The van der Waals surface area contributed by atoms with Crippen LogP contribution in [0.1, 0.15) is 29.2 Å². The average molecular weight is 468 g/mol. The molecule has 1 fully saturated rings. The lowest BCUT2D eigenvalue weighted by atomic mass is 9.94. The van der Waals surface area contributed by atoms with E-state index in [9.17, 15) is 13.9 Å². The molecule has 0 saturated carbocycles. The zero-order chi connectivity index (χ0) is 23.5. The Labute approximate surface area is 198 Å². The quantitative estimate of drug-likeness (QED) is 0.421. The van der Waals surface area contributed by atoms with Gasteiger partial charge >= 0.3 is 0 Å². The summed E-state index contributed by atoms with van der Waals surface area (Å²) in [7, 11) is 0. The number of fused-ring (bicyclic) bond motifs is 1. The summed E-state index contributed by atoms with van der Waals surface area (Å²) in [6.07, 6.45) is 1.84. The van der Waals surface area contributed by atoms with Gasteiger partial charge in [-0.25, -0.2) is 13.5 Å². The molecule has 5 rings (SSSR count). The van der Waals surface area contributed by atoms with E-state index in [1.807, 2.05) is 70.2 Å². The molecule has 1 saturated heterocycles. The molecule has 3 N–H and O–H groups in total. The Morgan fingerprint density at radius 2 is 1.68 bits per heavy atom. The van der Waals surface area contributed by atoms with Crippen molar-refractivity contribution in [1.29, 1.82) is 0 Å². The third-order valence-corrected chi connectivity index (χ3v) is 7.00. The van der Waals surface area contributed by atoms with Crippen LogP contribution in [-0.4, -0.2) is 64.7 Å². The number of hydrogen-bond donors (Lipinski definition) is 3. The number of nitrogens with one attached hydrogen (secondary N) is 2. The molecule has 6 nitrogen and oxygen atoms in total. The summed E-state index contributed by atoms with van der Waals surface area (Å²) < 4.78 is 28.7. The van der Waals surface area contributed by atoms with Crippen LogP contribution in [-0.2, 0) is 12.8 Å². The smallest absolute Gasteiger partial charge is 0.182 e. The van der Waals surface area contributed by atoms with E-state index in [4.69, 9.17) is 5.10 Å². The van der Waals surface area contributed by atoms with Gasteiger partial charge in [0.15, 0.2) is 6.35 Å². The van der Waals surface area contributed by atoms with E-state index in [-0.39, 0.29) is 12.0 Å². The fourth-order valence-corrected chi connectivity index (χ4v) is 5.25. The van der Waals surface area contributed by atoms with Gasteiger partial charge in [-0.15, -0.1) is 0 Å². The molecule has 8 heteroatoms. The SMILES string of the molecule is OC(Nc1c2c(nn1-c1ccccc1)CCC2)N[C@@H]1CN(C(CF)CF)C[C@H]1c1ccccc1. The molecule has 2 aromatic carbocycles. The van der Waals surface area contributed by atoms with E-state index in [1.54, 1.807) is 0 Å². The number of nitrogens with zero attached hydrogens (tertiary/aromatic N) is 3. The van der Waals surface area contributed by atoms with Crippen LogP contribution in [0.25, 0.3) is 5.69 Å². The molecule has 0 radical (unpaired) electrons. The maximum absolute atomic E-state index is 13.4. The summed E-state index contributed by atoms with van der Waals surface area (Å²) in [5, 5.41) is 22.4. The van der Waals surface area contributed by atoms with E-state index >= 15 is 0 Å². The first-order valence-electron chi connectivity index (χ1n) is 12.0. The molecule has 180 valence electrons. The largest absolute Gasteiger partial charge is 0.361 e. The number of aliphatic hydroxyl groups excluding tert-OH is 1. The number of likely N-dealkylation sites (tertiary alicyclic amines) is 1. The number of aliphatic hydroxyl groups is 1.